The minimum atomic E-state index is -3.70. The molecule has 162 valence electrons. The van der Waals surface area contributed by atoms with E-state index >= 15 is 0 Å². The SMILES string of the molecule is COc1ccccc1Oc1ccc(NC(=O)c2cc(S(=O)(=O)N(C)C)ccc2Cl)cc1. The molecule has 0 saturated carbocycles. The molecule has 0 aromatic heterocycles. The summed E-state index contributed by atoms with van der Waals surface area (Å²) in [5.74, 6) is 1.19. The monoisotopic (exact) mass is 460 g/mol. The standard InChI is InChI=1S/C22H21ClN2O5S/c1-25(2)31(27,28)17-12-13-19(23)18(14-17)22(26)24-15-8-10-16(11-9-15)30-21-7-5-4-6-20(21)29-3/h4-14H,1-3H3,(H,24,26). The summed E-state index contributed by atoms with van der Waals surface area (Å²) < 4.78 is 36.8. The summed E-state index contributed by atoms with van der Waals surface area (Å²) in [5.41, 5.74) is 0.549. The molecule has 7 nitrogen and oxygen atoms in total. The van der Waals surface area contributed by atoms with Crippen LogP contribution in [0.4, 0.5) is 5.69 Å². The van der Waals surface area contributed by atoms with E-state index in [4.69, 9.17) is 21.1 Å². The number of methoxy groups -OCH3 is 1. The second kappa shape index (κ2) is 9.38. The number of hydrogen-bond acceptors (Lipinski definition) is 5. The summed E-state index contributed by atoms with van der Waals surface area (Å²) >= 11 is 6.13. The largest absolute Gasteiger partial charge is 0.493 e. The number of hydrogen-bond donors (Lipinski definition) is 1. The second-order valence-corrected chi connectivity index (χ2v) is 9.22. The molecule has 31 heavy (non-hydrogen) atoms. The van der Waals surface area contributed by atoms with E-state index in [1.165, 1.54) is 32.3 Å². The Morgan fingerprint density at radius 1 is 0.968 bits per heavy atom. The molecule has 3 aromatic rings. The summed E-state index contributed by atoms with van der Waals surface area (Å²) in [6.45, 7) is 0. The lowest BCUT2D eigenvalue weighted by atomic mass is 10.2. The van der Waals surface area contributed by atoms with Crippen LogP contribution in [0.5, 0.6) is 17.2 Å². The van der Waals surface area contributed by atoms with Crippen molar-refractivity contribution in [3.8, 4) is 17.2 Å². The first-order valence-electron chi connectivity index (χ1n) is 9.16. The summed E-state index contributed by atoms with van der Waals surface area (Å²) in [6.07, 6.45) is 0. The predicted octanol–water partition coefficient (Wildman–Crippen LogP) is 4.64. The fourth-order valence-corrected chi connectivity index (χ4v) is 3.82. The number of carbonyl (C=O) groups excluding carboxylic acids is 1. The van der Waals surface area contributed by atoms with E-state index in [0.29, 0.717) is 22.9 Å². The zero-order valence-electron chi connectivity index (χ0n) is 17.1. The van der Waals surface area contributed by atoms with Crippen molar-refractivity contribution in [1.82, 2.24) is 4.31 Å². The Morgan fingerprint density at radius 2 is 1.61 bits per heavy atom. The van der Waals surface area contributed by atoms with Gasteiger partial charge in [0.2, 0.25) is 10.0 Å². The maximum Gasteiger partial charge on any atom is 0.257 e. The van der Waals surface area contributed by atoms with Crippen molar-refractivity contribution in [3.05, 3.63) is 77.3 Å². The van der Waals surface area contributed by atoms with Gasteiger partial charge in [0.25, 0.3) is 5.91 Å². The summed E-state index contributed by atoms with van der Waals surface area (Å²) in [5, 5.41) is 2.85. The van der Waals surface area contributed by atoms with Crippen LogP contribution >= 0.6 is 11.6 Å². The third kappa shape index (κ3) is 5.16. The molecule has 3 aromatic carbocycles. The van der Waals surface area contributed by atoms with Gasteiger partial charge in [-0.15, -0.1) is 0 Å². The fraction of sp³-hybridized carbons (Fsp3) is 0.136. The van der Waals surface area contributed by atoms with Crippen LogP contribution < -0.4 is 14.8 Å². The number of benzene rings is 3. The molecular formula is C22H21ClN2O5S. The van der Waals surface area contributed by atoms with Gasteiger partial charge < -0.3 is 14.8 Å². The van der Waals surface area contributed by atoms with Gasteiger partial charge in [-0.3, -0.25) is 4.79 Å². The van der Waals surface area contributed by atoms with Gasteiger partial charge in [-0.05, 0) is 54.6 Å². The maximum absolute atomic E-state index is 12.7. The fourth-order valence-electron chi connectivity index (χ4n) is 2.68. The van der Waals surface area contributed by atoms with Crippen molar-refractivity contribution in [2.75, 3.05) is 26.5 Å². The highest BCUT2D eigenvalue weighted by Gasteiger charge is 2.21. The third-order valence-corrected chi connectivity index (χ3v) is 6.51. The summed E-state index contributed by atoms with van der Waals surface area (Å²) in [6, 6.07) is 18.0. The Bertz CT molecular complexity index is 1190. The first-order chi connectivity index (χ1) is 14.7. The van der Waals surface area contributed by atoms with E-state index in [-0.39, 0.29) is 15.5 Å². The number of nitrogens with zero attached hydrogens (tertiary/aromatic N) is 1. The lowest BCUT2D eigenvalue weighted by Gasteiger charge is -2.13. The van der Waals surface area contributed by atoms with Gasteiger partial charge in [-0.2, -0.15) is 0 Å². The van der Waals surface area contributed by atoms with Crippen molar-refractivity contribution < 1.29 is 22.7 Å². The average Bonchev–Trinajstić information content (AvgIpc) is 2.75. The molecule has 0 bridgehead atoms. The molecule has 1 N–H and O–H groups in total. The van der Waals surface area contributed by atoms with Gasteiger partial charge in [-0.1, -0.05) is 23.7 Å². The zero-order valence-corrected chi connectivity index (χ0v) is 18.7. The van der Waals surface area contributed by atoms with Gasteiger partial charge in [0.05, 0.1) is 22.6 Å². The van der Waals surface area contributed by atoms with Gasteiger partial charge >= 0.3 is 0 Å². The van der Waals surface area contributed by atoms with E-state index in [1.54, 1.807) is 43.5 Å². The minimum Gasteiger partial charge on any atom is -0.493 e. The third-order valence-electron chi connectivity index (χ3n) is 4.37. The molecule has 0 heterocycles. The lowest BCUT2D eigenvalue weighted by Crippen LogP contribution is -2.23. The van der Waals surface area contributed by atoms with Crippen LogP contribution in [-0.4, -0.2) is 39.8 Å². The Balaban J connectivity index is 1.77. The van der Waals surface area contributed by atoms with Gasteiger partial charge in [0.1, 0.15) is 5.75 Å². The molecule has 0 radical (unpaired) electrons. The highest BCUT2D eigenvalue weighted by atomic mass is 35.5. The van der Waals surface area contributed by atoms with E-state index in [9.17, 15) is 13.2 Å². The lowest BCUT2D eigenvalue weighted by molar-refractivity contribution is 0.102. The highest BCUT2D eigenvalue weighted by Crippen LogP contribution is 2.31. The van der Waals surface area contributed by atoms with Crippen molar-refractivity contribution >= 4 is 33.2 Å². The Labute approximate surface area is 186 Å². The summed E-state index contributed by atoms with van der Waals surface area (Å²) in [7, 11) is 0.695. The quantitative estimate of drug-likeness (QED) is 0.555. The molecule has 3 rings (SSSR count). The van der Waals surface area contributed by atoms with Gasteiger partial charge in [0.15, 0.2) is 11.5 Å². The van der Waals surface area contributed by atoms with E-state index in [0.717, 1.165) is 4.31 Å². The predicted molar refractivity (Wildman–Crippen MR) is 120 cm³/mol. The zero-order chi connectivity index (χ0) is 22.6. The van der Waals surface area contributed by atoms with Crippen LogP contribution in [-0.2, 0) is 10.0 Å². The van der Waals surface area contributed by atoms with Crippen LogP contribution in [0.3, 0.4) is 0 Å². The second-order valence-electron chi connectivity index (χ2n) is 6.66. The summed E-state index contributed by atoms with van der Waals surface area (Å²) in [4.78, 5) is 12.7. The molecule has 0 aliphatic carbocycles. The van der Waals surface area contributed by atoms with E-state index in [2.05, 4.69) is 5.32 Å². The number of rotatable bonds is 7. The van der Waals surface area contributed by atoms with Crippen molar-refractivity contribution in [2.24, 2.45) is 0 Å². The van der Waals surface area contributed by atoms with Crippen LogP contribution in [0.1, 0.15) is 10.4 Å². The molecule has 9 heteroatoms. The van der Waals surface area contributed by atoms with Gasteiger partial charge in [0, 0.05) is 19.8 Å². The van der Waals surface area contributed by atoms with Crippen LogP contribution in [0, 0.1) is 0 Å². The van der Waals surface area contributed by atoms with Gasteiger partial charge in [-0.25, -0.2) is 12.7 Å². The minimum absolute atomic E-state index is 0.0207. The Morgan fingerprint density at radius 3 is 2.23 bits per heavy atom. The maximum atomic E-state index is 12.7. The number of anilines is 1. The average molecular weight is 461 g/mol. The molecular weight excluding hydrogens is 440 g/mol. The van der Waals surface area contributed by atoms with Crippen LogP contribution in [0.2, 0.25) is 5.02 Å². The molecule has 0 aliphatic heterocycles. The topological polar surface area (TPSA) is 84.9 Å². The van der Waals surface area contributed by atoms with Crippen LogP contribution in [0.25, 0.3) is 0 Å². The Hall–Kier alpha value is -3.07. The first-order valence-corrected chi connectivity index (χ1v) is 11.0. The van der Waals surface area contributed by atoms with Crippen molar-refractivity contribution in [2.45, 2.75) is 4.90 Å². The van der Waals surface area contributed by atoms with Crippen molar-refractivity contribution in [1.29, 1.82) is 0 Å². The van der Waals surface area contributed by atoms with Crippen molar-refractivity contribution in [3.63, 3.8) is 0 Å². The number of para-hydroxylation sites is 2. The molecule has 1 amide bonds. The molecule has 0 saturated heterocycles. The van der Waals surface area contributed by atoms with E-state index in [1.807, 2.05) is 12.1 Å². The smallest absolute Gasteiger partial charge is 0.257 e. The molecule has 0 fully saturated rings. The number of amides is 1. The highest BCUT2D eigenvalue weighted by molar-refractivity contribution is 7.89. The molecule has 0 aliphatic rings. The normalized spacial score (nSPS) is 11.3. The number of sulfonamides is 1. The van der Waals surface area contributed by atoms with Crippen LogP contribution in [0.15, 0.2) is 71.6 Å². The van der Waals surface area contributed by atoms with E-state index < -0.39 is 15.9 Å². The Kier molecular flexibility index (Phi) is 6.84. The number of ether oxygens (including phenoxy) is 2. The number of nitrogens with one attached hydrogen (secondary N) is 1. The first kappa shape index (κ1) is 22.6. The molecule has 0 atom stereocenters. The molecule has 0 unspecified atom stereocenters. The number of carbonyl (C=O) groups is 1. The molecule has 0 spiro atoms. The number of halogens is 1.